The fourth-order valence-electron chi connectivity index (χ4n) is 3.22. The zero-order chi connectivity index (χ0) is 14.4. The molecule has 1 aromatic heterocycles. The maximum absolute atomic E-state index is 6.21. The van der Waals surface area contributed by atoms with E-state index in [-0.39, 0.29) is 11.6 Å². The molecule has 0 saturated heterocycles. The van der Waals surface area contributed by atoms with Crippen molar-refractivity contribution in [2.45, 2.75) is 57.1 Å². The van der Waals surface area contributed by atoms with E-state index in [0.29, 0.717) is 11.6 Å². The average molecular weight is 298 g/mol. The van der Waals surface area contributed by atoms with E-state index in [2.05, 4.69) is 10.4 Å². The van der Waals surface area contributed by atoms with E-state index in [1.807, 2.05) is 13.0 Å². The Morgan fingerprint density at radius 2 is 2.20 bits per heavy atom. The number of hydrogen-bond acceptors (Lipinski definition) is 4. The van der Waals surface area contributed by atoms with Crippen LogP contribution in [0.4, 0.5) is 0 Å². The molecule has 1 aromatic rings. The Balaban J connectivity index is 2.18. The molecule has 0 aliphatic heterocycles. The van der Waals surface area contributed by atoms with Crippen molar-refractivity contribution in [3.05, 3.63) is 29.0 Å². The lowest BCUT2D eigenvalue weighted by molar-refractivity contribution is -0.0898. The molecule has 0 amide bonds. The normalized spacial score (nSPS) is 19.8. The number of hydrazine groups is 1. The highest BCUT2D eigenvalue weighted by Gasteiger charge is 2.40. The second kappa shape index (κ2) is 7.36. The van der Waals surface area contributed by atoms with Gasteiger partial charge in [0.15, 0.2) is 0 Å². The molecule has 1 fully saturated rings. The minimum Gasteiger partial charge on any atom is -0.374 e. The van der Waals surface area contributed by atoms with Crippen LogP contribution in [0, 0.1) is 0 Å². The van der Waals surface area contributed by atoms with Crippen molar-refractivity contribution in [3.63, 3.8) is 0 Å². The Bertz CT molecular complexity index is 416. The van der Waals surface area contributed by atoms with Crippen molar-refractivity contribution in [1.82, 2.24) is 10.4 Å². The van der Waals surface area contributed by atoms with E-state index in [1.165, 1.54) is 19.3 Å². The molecule has 112 valence electrons. The molecular weight excluding hydrogens is 274 g/mol. The maximum Gasteiger partial charge on any atom is 0.0851 e. The van der Waals surface area contributed by atoms with Crippen molar-refractivity contribution >= 4 is 11.6 Å². The van der Waals surface area contributed by atoms with Gasteiger partial charge in [-0.3, -0.25) is 16.3 Å². The number of hydrogen-bond donors (Lipinski definition) is 2. The molecule has 1 saturated carbocycles. The lowest BCUT2D eigenvalue weighted by Crippen LogP contribution is -2.57. The maximum atomic E-state index is 6.21. The molecule has 20 heavy (non-hydrogen) atoms. The quantitative estimate of drug-likeness (QED) is 0.626. The van der Waals surface area contributed by atoms with Crippen LogP contribution < -0.4 is 11.3 Å². The van der Waals surface area contributed by atoms with E-state index in [1.54, 1.807) is 12.4 Å². The summed E-state index contributed by atoms with van der Waals surface area (Å²) in [6.45, 7) is 2.76. The van der Waals surface area contributed by atoms with Gasteiger partial charge >= 0.3 is 0 Å². The average Bonchev–Trinajstić information content (AvgIpc) is 2.47. The van der Waals surface area contributed by atoms with Gasteiger partial charge in [-0.05, 0) is 37.8 Å². The third-order valence-corrected chi connectivity index (χ3v) is 4.59. The Hall–Kier alpha value is -0.680. The van der Waals surface area contributed by atoms with Crippen molar-refractivity contribution in [2.75, 3.05) is 6.61 Å². The van der Waals surface area contributed by atoms with E-state index in [9.17, 15) is 0 Å². The van der Waals surface area contributed by atoms with Gasteiger partial charge in [0.05, 0.1) is 16.7 Å². The van der Waals surface area contributed by atoms with Gasteiger partial charge in [0.2, 0.25) is 0 Å². The first-order valence-corrected chi connectivity index (χ1v) is 7.78. The lowest BCUT2D eigenvalue weighted by Gasteiger charge is -2.43. The van der Waals surface area contributed by atoms with Gasteiger partial charge in [0, 0.05) is 19.0 Å². The van der Waals surface area contributed by atoms with Crippen LogP contribution in [-0.2, 0) is 11.2 Å². The molecule has 5 heteroatoms. The van der Waals surface area contributed by atoms with Crippen LogP contribution >= 0.6 is 11.6 Å². The van der Waals surface area contributed by atoms with Gasteiger partial charge in [-0.15, -0.1) is 0 Å². The summed E-state index contributed by atoms with van der Waals surface area (Å²) in [6.07, 6.45) is 9.99. The van der Waals surface area contributed by atoms with Gasteiger partial charge < -0.3 is 4.74 Å². The number of nitrogens with one attached hydrogen (secondary N) is 1. The van der Waals surface area contributed by atoms with Crippen LogP contribution in [0.2, 0.25) is 5.02 Å². The molecule has 0 bridgehead atoms. The number of ether oxygens (including phenoxy) is 1. The highest BCUT2D eigenvalue weighted by atomic mass is 35.5. The largest absolute Gasteiger partial charge is 0.374 e. The molecule has 0 spiro atoms. The molecule has 0 aromatic carbocycles. The topological polar surface area (TPSA) is 60.2 Å². The highest BCUT2D eigenvalue weighted by Crippen LogP contribution is 2.36. The second-order valence-electron chi connectivity index (χ2n) is 5.45. The number of nitrogens with zero attached hydrogens (tertiary/aromatic N) is 1. The van der Waals surface area contributed by atoms with Crippen LogP contribution in [-0.4, -0.2) is 23.2 Å². The molecule has 3 N–H and O–H groups in total. The van der Waals surface area contributed by atoms with E-state index >= 15 is 0 Å². The molecule has 0 radical (unpaired) electrons. The zero-order valence-electron chi connectivity index (χ0n) is 12.1. The first-order chi connectivity index (χ1) is 9.72. The standard InChI is InChI=1S/C15H24ClN3O/c1-2-20-15(7-4-3-5-8-15)14(19-17)10-12-6-9-18-11-13(12)16/h6,9,11,14,19H,2-5,7-8,10,17H2,1H3. The fourth-order valence-corrected chi connectivity index (χ4v) is 3.41. The van der Waals surface area contributed by atoms with Gasteiger partial charge in [-0.2, -0.15) is 0 Å². The van der Waals surface area contributed by atoms with Crippen LogP contribution in [0.15, 0.2) is 18.5 Å². The Labute approximate surface area is 126 Å². The number of aromatic nitrogens is 1. The Morgan fingerprint density at radius 3 is 2.80 bits per heavy atom. The fraction of sp³-hybridized carbons (Fsp3) is 0.667. The van der Waals surface area contributed by atoms with Crippen molar-refractivity contribution in [2.24, 2.45) is 5.84 Å². The predicted octanol–water partition coefficient (Wildman–Crippen LogP) is 2.85. The SMILES string of the molecule is CCOC1(C(Cc2ccncc2Cl)NN)CCCCC1. The summed E-state index contributed by atoms with van der Waals surface area (Å²) in [6, 6.07) is 2.03. The van der Waals surface area contributed by atoms with Crippen LogP contribution in [0.3, 0.4) is 0 Å². The molecule has 4 nitrogen and oxygen atoms in total. The summed E-state index contributed by atoms with van der Waals surface area (Å²) in [5.41, 5.74) is 3.86. The Kier molecular flexibility index (Phi) is 5.78. The summed E-state index contributed by atoms with van der Waals surface area (Å²) >= 11 is 6.21. The summed E-state index contributed by atoms with van der Waals surface area (Å²) in [5.74, 6) is 5.83. The predicted molar refractivity (Wildman–Crippen MR) is 81.5 cm³/mol. The minimum atomic E-state index is -0.172. The van der Waals surface area contributed by atoms with Gasteiger partial charge in [0.25, 0.3) is 0 Å². The third kappa shape index (κ3) is 3.50. The van der Waals surface area contributed by atoms with Crippen LogP contribution in [0.5, 0.6) is 0 Å². The first-order valence-electron chi connectivity index (χ1n) is 7.40. The van der Waals surface area contributed by atoms with Crippen LogP contribution in [0.1, 0.15) is 44.6 Å². The lowest BCUT2D eigenvalue weighted by atomic mass is 9.77. The number of pyridine rings is 1. The van der Waals surface area contributed by atoms with Crippen LogP contribution in [0.25, 0.3) is 0 Å². The smallest absolute Gasteiger partial charge is 0.0851 e. The highest BCUT2D eigenvalue weighted by molar-refractivity contribution is 6.31. The van der Waals surface area contributed by atoms with Crippen molar-refractivity contribution < 1.29 is 4.74 Å². The summed E-state index contributed by atoms with van der Waals surface area (Å²) < 4.78 is 6.13. The van der Waals surface area contributed by atoms with Gasteiger partial charge in [0.1, 0.15) is 0 Å². The molecule has 1 aliphatic carbocycles. The minimum absolute atomic E-state index is 0.0719. The number of nitrogens with two attached hydrogens (primary N) is 1. The molecule has 1 aliphatic rings. The summed E-state index contributed by atoms with van der Waals surface area (Å²) in [5, 5.41) is 0.690. The molecule has 2 rings (SSSR count). The number of rotatable bonds is 6. The monoisotopic (exact) mass is 297 g/mol. The van der Waals surface area contributed by atoms with E-state index < -0.39 is 0 Å². The van der Waals surface area contributed by atoms with Crippen molar-refractivity contribution in [1.29, 1.82) is 0 Å². The third-order valence-electron chi connectivity index (χ3n) is 4.25. The second-order valence-corrected chi connectivity index (χ2v) is 5.86. The summed E-state index contributed by atoms with van der Waals surface area (Å²) in [4.78, 5) is 4.03. The summed E-state index contributed by atoms with van der Waals surface area (Å²) in [7, 11) is 0. The van der Waals surface area contributed by atoms with Gasteiger partial charge in [-0.1, -0.05) is 30.9 Å². The molecule has 1 unspecified atom stereocenters. The van der Waals surface area contributed by atoms with E-state index in [4.69, 9.17) is 22.2 Å². The number of halogens is 1. The first kappa shape index (κ1) is 15.7. The Morgan fingerprint density at radius 1 is 1.45 bits per heavy atom. The zero-order valence-corrected chi connectivity index (χ0v) is 12.8. The van der Waals surface area contributed by atoms with Gasteiger partial charge in [-0.25, -0.2) is 0 Å². The van der Waals surface area contributed by atoms with Crippen molar-refractivity contribution in [3.8, 4) is 0 Å². The molecule has 1 atom stereocenters. The molecular formula is C15H24ClN3O. The van der Waals surface area contributed by atoms with E-state index in [0.717, 1.165) is 24.8 Å². The molecule has 1 heterocycles.